The van der Waals surface area contributed by atoms with Gasteiger partial charge in [-0.1, -0.05) is 13.8 Å². The fraction of sp³-hybridized carbons (Fsp3) is 0.812. The van der Waals surface area contributed by atoms with E-state index in [1.165, 1.54) is 41.3 Å². The molecule has 0 amide bonds. The molecule has 112 valence electrons. The van der Waals surface area contributed by atoms with Crippen molar-refractivity contribution in [2.75, 3.05) is 13.2 Å². The Morgan fingerprint density at radius 2 is 2.20 bits per heavy atom. The lowest BCUT2D eigenvalue weighted by atomic mass is 10.0. The summed E-state index contributed by atoms with van der Waals surface area (Å²) in [4.78, 5) is 6.43. The topological polar surface area (TPSA) is 34.1 Å². The maximum atomic E-state index is 5.63. The molecule has 1 unspecified atom stereocenters. The standard InChI is InChI=1S/C16H26N2OS/c1-11(2)8-14-15(9-17-13-5-6-13)20-16(18-14)12-4-3-7-19-10-12/h11-13,17H,3-10H2,1-2H3. The van der Waals surface area contributed by atoms with Crippen LogP contribution in [0.4, 0.5) is 0 Å². The molecule has 3 rings (SSSR count). The van der Waals surface area contributed by atoms with E-state index in [0.29, 0.717) is 11.8 Å². The van der Waals surface area contributed by atoms with Gasteiger partial charge in [0.25, 0.3) is 0 Å². The molecule has 1 aromatic heterocycles. The Morgan fingerprint density at radius 3 is 2.85 bits per heavy atom. The van der Waals surface area contributed by atoms with Crippen LogP contribution in [0.3, 0.4) is 0 Å². The molecular weight excluding hydrogens is 268 g/mol. The molecule has 1 atom stereocenters. The highest BCUT2D eigenvalue weighted by atomic mass is 32.1. The summed E-state index contributed by atoms with van der Waals surface area (Å²) in [6.07, 6.45) is 6.22. The molecule has 3 nitrogen and oxygen atoms in total. The smallest absolute Gasteiger partial charge is 0.0985 e. The molecular formula is C16H26N2OS. The van der Waals surface area contributed by atoms with Gasteiger partial charge in [0, 0.05) is 30.0 Å². The molecule has 4 heteroatoms. The number of nitrogens with zero attached hydrogens (tertiary/aromatic N) is 1. The predicted octanol–water partition coefficient (Wildman–Crippen LogP) is 3.49. The van der Waals surface area contributed by atoms with E-state index in [-0.39, 0.29) is 0 Å². The number of hydrogen-bond donors (Lipinski definition) is 1. The minimum atomic E-state index is 0.536. The van der Waals surface area contributed by atoms with Crippen LogP contribution in [-0.4, -0.2) is 24.2 Å². The second-order valence-corrected chi connectivity index (χ2v) is 7.70. The number of nitrogens with one attached hydrogen (secondary N) is 1. The number of thiazole rings is 1. The first kappa shape index (κ1) is 14.5. The molecule has 0 spiro atoms. The van der Waals surface area contributed by atoms with Crippen molar-refractivity contribution in [3.63, 3.8) is 0 Å². The van der Waals surface area contributed by atoms with Gasteiger partial charge in [-0.3, -0.25) is 0 Å². The molecule has 2 aliphatic rings. The van der Waals surface area contributed by atoms with Crippen LogP contribution in [0.25, 0.3) is 0 Å². The fourth-order valence-electron chi connectivity index (χ4n) is 2.72. The molecule has 1 saturated heterocycles. The van der Waals surface area contributed by atoms with E-state index < -0.39 is 0 Å². The Morgan fingerprint density at radius 1 is 1.35 bits per heavy atom. The molecule has 0 aromatic carbocycles. The van der Waals surface area contributed by atoms with Gasteiger partial charge in [0.05, 0.1) is 17.3 Å². The maximum absolute atomic E-state index is 5.63. The van der Waals surface area contributed by atoms with E-state index in [9.17, 15) is 0 Å². The van der Waals surface area contributed by atoms with Crippen LogP contribution in [0.2, 0.25) is 0 Å². The van der Waals surface area contributed by atoms with Crippen molar-refractivity contribution in [2.45, 2.75) is 64.5 Å². The third kappa shape index (κ3) is 3.80. The van der Waals surface area contributed by atoms with Crippen molar-refractivity contribution in [3.05, 3.63) is 15.6 Å². The van der Waals surface area contributed by atoms with E-state index in [2.05, 4.69) is 19.2 Å². The number of rotatable bonds is 6. The zero-order valence-electron chi connectivity index (χ0n) is 12.7. The summed E-state index contributed by atoms with van der Waals surface area (Å²) in [6.45, 7) is 7.36. The van der Waals surface area contributed by atoms with Gasteiger partial charge in [0.15, 0.2) is 0 Å². The molecule has 1 aliphatic carbocycles. The maximum Gasteiger partial charge on any atom is 0.0985 e. The van der Waals surface area contributed by atoms with Crippen LogP contribution < -0.4 is 5.32 Å². The van der Waals surface area contributed by atoms with Crippen LogP contribution >= 0.6 is 11.3 Å². The van der Waals surface area contributed by atoms with Gasteiger partial charge in [-0.15, -0.1) is 11.3 Å². The van der Waals surface area contributed by atoms with Gasteiger partial charge in [-0.2, -0.15) is 0 Å². The number of aromatic nitrogens is 1. The third-order valence-electron chi connectivity index (χ3n) is 4.03. The Labute approximate surface area is 126 Å². The fourth-order valence-corrected chi connectivity index (χ4v) is 3.89. The summed E-state index contributed by atoms with van der Waals surface area (Å²) in [5.41, 5.74) is 1.33. The lowest BCUT2D eigenvalue weighted by molar-refractivity contribution is 0.0803. The summed E-state index contributed by atoms with van der Waals surface area (Å²) in [5, 5.41) is 4.95. The Kier molecular flexibility index (Phi) is 4.74. The average molecular weight is 294 g/mol. The summed E-state index contributed by atoms with van der Waals surface area (Å²) >= 11 is 1.92. The van der Waals surface area contributed by atoms with Crippen molar-refractivity contribution in [3.8, 4) is 0 Å². The van der Waals surface area contributed by atoms with E-state index in [4.69, 9.17) is 9.72 Å². The van der Waals surface area contributed by atoms with Crippen molar-refractivity contribution < 1.29 is 4.74 Å². The second-order valence-electron chi connectivity index (χ2n) is 6.59. The van der Waals surface area contributed by atoms with Gasteiger partial charge in [0.1, 0.15) is 0 Å². The highest BCUT2D eigenvalue weighted by molar-refractivity contribution is 7.11. The first-order chi connectivity index (χ1) is 9.72. The van der Waals surface area contributed by atoms with Crippen molar-refractivity contribution >= 4 is 11.3 Å². The Bertz CT molecular complexity index is 434. The first-order valence-electron chi connectivity index (χ1n) is 8.02. The normalized spacial score (nSPS) is 23.4. The zero-order valence-corrected chi connectivity index (χ0v) is 13.5. The molecule has 0 bridgehead atoms. The lowest BCUT2D eigenvalue weighted by Crippen LogP contribution is -2.15. The third-order valence-corrected chi connectivity index (χ3v) is 5.29. The minimum absolute atomic E-state index is 0.536. The molecule has 1 N–H and O–H groups in total. The quantitative estimate of drug-likeness (QED) is 0.872. The molecule has 1 aromatic rings. The predicted molar refractivity (Wildman–Crippen MR) is 83.3 cm³/mol. The van der Waals surface area contributed by atoms with E-state index in [1.807, 2.05) is 11.3 Å². The van der Waals surface area contributed by atoms with Crippen molar-refractivity contribution in [1.29, 1.82) is 0 Å². The van der Waals surface area contributed by atoms with Gasteiger partial charge in [-0.05, 0) is 38.0 Å². The molecule has 2 fully saturated rings. The van der Waals surface area contributed by atoms with Crippen LogP contribution in [0.15, 0.2) is 0 Å². The molecule has 0 radical (unpaired) electrons. The monoisotopic (exact) mass is 294 g/mol. The SMILES string of the molecule is CC(C)Cc1nc(C2CCCOC2)sc1CNC1CC1. The largest absolute Gasteiger partial charge is 0.381 e. The lowest BCUT2D eigenvalue weighted by Gasteiger charge is -2.19. The summed E-state index contributed by atoms with van der Waals surface area (Å²) in [6, 6.07) is 0.769. The summed E-state index contributed by atoms with van der Waals surface area (Å²) < 4.78 is 5.63. The van der Waals surface area contributed by atoms with E-state index in [1.54, 1.807) is 0 Å². The molecule has 1 aliphatic heterocycles. The highest BCUT2D eigenvalue weighted by Gasteiger charge is 2.24. The van der Waals surface area contributed by atoms with Gasteiger partial charge in [-0.25, -0.2) is 4.98 Å². The van der Waals surface area contributed by atoms with Crippen molar-refractivity contribution in [1.82, 2.24) is 10.3 Å². The minimum Gasteiger partial charge on any atom is -0.381 e. The van der Waals surface area contributed by atoms with Gasteiger partial charge >= 0.3 is 0 Å². The van der Waals surface area contributed by atoms with Gasteiger partial charge in [0.2, 0.25) is 0 Å². The molecule has 2 heterocycles. The molecule has 20 heavy (non-hydrogen) atoms. The van der Waals surface area contributed by atoms with Crippen LogP contribution in [0.5, 0.6) is 0 Å². The average Bonchev–Trinajstić information content (AvgIpc) is 3.19. The Balaban J connectivity index is 1.72. The first-order valence-corrected chi connectivity index (χ1v) is 8.83. The van der Waals surface area contributed by atoms with Gasteiger partial charge < -0.3 is 10.1 Å². The van der Waals surface area contributed by atoms with Crippen molar-refractivity contribution in [2.24, 2.45) is 5.92 Å². The van der Waals surface area contributed by atoms with Crippen LogP contribution in [0, 0.1) is 5.92 Å². The van der Waals surface area contributed by atoms with Crippen LogP contribution in [0.1, 0.15) is 61.0 Å². The Hall–Kier alpha value is -0.450. The number of ether oxygens (including phenoxy) is 1. The highest BCUT2D eigenvalue weighted by Crippen LogP contribution is 2.32. The van der Waals surface area contributed by atoms with Crippen LogP contribution in [-0.2, 0) is 17.7 Å². The van der Waals surface area contributed by atoms with E-state index in [0.717, 1.165) is 32.2 Å². The summed E-state index contributed by atoms with van der Waals surface area (Å²) in [7, 11) is 0. The summed E-state index contributed by atoms with van der Waals surface area (Å²) in [5.74, 6) is 1.21. The van der Waals surface area contributed by atoms with E-state index >= 15 is 0 Å². The number of hydrogen-bond acceptors (Lipinski definition) is 4. The second kappa shape index (κ2) is 6.54. The zero-order chi connectivity index (χ0) is 13.9. The molecule has 1 saturated carbocycles.